The van der Waals surface area contributed by atoms with E-state index in [9.17, 15) is 18.3 Å². The monoisotopic (exact) mass is 404 g/mol. The molecule has 0 spiro atoms. The summed E-state index contributed by atoms with van der Waals surface area (Å²) in [6, 6.07) is 16.1. The molecule has 1 N–H and O–H groups in total. The zero-order valence-electron chi connectivity index (χ0n) is 16.4. The van der Waals surface area contributed by atoms with Crippen LogP contribution in [0.5, 0.6) is 0 Å². The van der Waals surface area contributed by atoms with Crippen molar-refractivity contribution in [3.8, 4) is 0 Å². The lowest BCUT2D eigenvalue weighted by Gasteiger charge is -2.42. The van der Waals surface area contributed by atoms with Gasteiger partial charge in [0, 0.05) is 38.1 Å². The van der Waals surface area contributed by atoms with E-state index in [4.69, 9.17) is 0 Å². The zero-order chi connectivity index (χ0) is 20.5. The molecule has 2 saturated heterocycles. The first-order valence-electron chi connectivity index (χ1n) is 10.1. The second-order valence-corrected chi connectivity index (χ2v) is 8.51. The van der Waals surface area contributed by atoms with Crippen molar-refractivity contribution >= 4 is 0 Å². The molecule has 2 fully saturated rings. The number of halogens is 3. The van der Waals surface area contributed by atoms with Crippen LogP contribution in [0.1, 0.15) is 23.1 Å². The number of fused-ring (bicyclic) bond motifs is 1. The van der Waals surface area contributed by atoms with E-state index >= 15 is 0 Å². The van der Waals surface area contributed by atoms with Gasteiger partial charge in [-0.25, -0.2) is 0 Å². The fraction of sp³-hybridized carbons (Fsp3) is 0.478. The number of aliphatic hydroxyl groups is 1. The Hall–Kier alpha value is -1.89. The molecule has 3 nitrogen and oxygen atoms in total. The summed E-state index contributed by atoms with van der Waals surface area (Å²) >= 11 is 0. The number of aliphatic hydroxyl groups excluding tert-OH is 1. The van der Waals surface area contributed by atoms with Crippen LogP contribution in [-0.2, 0) is 19.3 Å². The van der Waals surface area contributed by atoms with Crippen molar-refractivity contribution in [1.29, 1.82) is 0 Å². The summed E-state index contributed by atoms with van der Waals surface area (Å²) < 4.78 is 40.0. The lowest BCUT2D eigenvalue weighted by atomic mass is 9.73. The van der Waals surface area contributed by atoms with Crippen LogP contribution in [0.3, 0.4) is 0 Å². The molecule has 0 aliphatic carbocycles. The van der Waals surface area contributed by atoms with Gasteiger partial charge in [0.15, 0.2) is 0 Å². The van der Waals surface area contributed by atoms with E-state index in [1.807, 2.05) is 18.2 Å². The van der Waals surface area contributed by atoms with Crippen LogP contribution in [0.25, 0.3) is 0 Å². The maximum absolute atomic E-state index is 13.3. The van der Waals surface area contributed by atoms with Gasteiger partial charge in [0.2, 0.25) is 0 Å². The largest absolute Gasteiger partial charge is 0.416 e. The number of likely N-dealkylation sites (tertiary alicyclic amines) is 2. The number of rotatable bonds is 5. The van der Waals surface area contributed by atoms with Crippen LogP contribution in [0, 0.1) is 11.3 Å². The predicted molar refractivity (Wildman–Crippen MR) is 106 cm³/mol. The van der Waals surface area contributed by atoms with Crippen molar-refractivity contribution in [1.82, 2.24) is 9.80 Å². The standard InChI is InChI=1S/C23H27F3N2O/c24-23(25,26)21-9-5-4-8-19(21)13-27-11-10-22(17-29)16-28(15-20(22)14-27)12-18-6-2-1-3-7-18/h1-9,20,29H,10-17H2/t20-,22+/m1/s1. The summed E-state index contributed by atoms with van der Waals surface area (Å²) in [4.78, 5) is 4.50. The Morgan fingerprint density at radius 2 is 1.62 bits per heavy atom. The molecule has 4 rings (SSSR count). The topological polar surface area (TPSA) is 26.7 Å². The smallest absolute Gasteiger partial charge is 0.396 e. The first kappa shape index (κ1) is 20.4. The first-order valence-corrected chi connectivity index (χ1v) is 10.1. The summed E-state index contributed by atoms with van der Waals surface area (Å²) in [6.07, 6.45) is -3.52. The SMILES string of the molecule is OC[C@@]12CCN(Cc3ccccc3C(F)(F)F)C[C@@H]1CN(Cc1ccccc1)C2. The number of alkyl halides is 3. The third-order valence-corrected chi connectivity index (χ3v) is 6.57. The molecule has 2 atom stereocenters. The molecule has 2 heterocycles. The molecule has 0 saturated carbocycles. The molecule has 0 bridgehead atoms. The third-order valence-electron chi connectivity index (χ3n) is 6.57. The van der Waals surface area contributed by atoms with Gasteiger partial charge in [-0.1, -0.05) is 48.5 Å². The van der Waals surface area contributed by atoms with Crippen LogP contribution in [0.15, 0.2) is 54.6 Å². The molecular weight excluding hydrogens is 377 g/mol. The lowest BCUT2D eigenvalue weighted by molar-refractivity contribution is -0.138. The normalized spacial score (nSPS) is 25.9. The highest BCUT2D eigenvalue weighted by Crippen LogP contribution is 2.43. The molecule has 2 aliphatic rings. The van der Waals surface area contributed by atoms with Gasteiger partial charge in [-0.15, -0.1) is 0 Å². The number of benzene rings is 2. The number of hydrogen-bond donors (Lipinski definition) is 1. The molecule has 0 aromatic heterocycles. The Morgan fingerprint density at radius 3 is 2.34 bits per heavy atom. The van der Waals surface area contributed by atoms with E-state index in [1.54, 1.807) is 12.1 Å². The van der Waals surface area contributed by atoms with Crippen molar-refractivity contribution in [3.63, 3.8) is 0 Å². The highest BCUT2D eigenvalue weighted by atomic mass is 19.4. The van der Waals surface area contributed by atoms with Gasteiger partial charge in [-0.05, 0) is 36.1 Å². The van der Waals surface area contributed by atoms with Crippen molar-refractivity contribution in [3.05, 3.63) is 71.3 Å². The minimum Gasteiger partial charge on any atom is -0.396 e. The number of hydrogen-bond acceptors (Lipinski definition) is 3. The molecule has 0 unspecified atom stereocenters. The van der Waals surface area contributed by atoms with Crippen LogP contribution < -0.4 is 0 Å². The van der Waals surface area contributed by atoms with Gasteiger partial charge in [0.05, 0.1) is 12.2 Å². The molecule has 29 heavy (non-hydrogen) atoms. The van der Waals surface area contributed by atoms with E-state index in [0.717, 1.165) is 38.7 Å². The Labute approximate surface area is 169 Å². The molecule has 0 amide bonds. The van der Waals surface area contributed by atoms with Crippen molar-refractivity contribution in [2.24, 2.45) is 11.3 Å². The summed E-state index contributed by atoms with van der Waals surface area (Å²) in [5.74, 6) is 0.267. The van der Waals surface area contributed by atoms with Gasteiger partial charge < -0.3 is 5.11 Å². The minimum atomic E-state index is -4.33. The highest BCUT2D eigenvalue weighted by Gasteiger charge is 2.49. The van der Waals surface area contributed by atoms with Crippen LogP contribution in [0.4, 0.5) is 13.2 Å². The number of piperidine rings is 1. The lowest BCUT2D eigenvalue weighted by Crippen LogP contribution is -2.48. The van der Waals surface area contributed by atoms with Crippen molar-refractivity contribution in [2.75, 3.05) is 32.8 Å². The highest BCUT2D eigenvalue weighted by molar-refractivity contribution is 5.29. The van der Waals surface area contributed by atoms with Gasteiger partial charge in [-0.2, -0.15) is 13.2 Å². The fourth-order valence-electron chi connectivity index (χ4n) is 5.00. The molecule has 156 valence electrons. The van der Waals surface area contributed by atoms with E-state index in [1.165, 1.54) is 11.6 Å². The maximum Gasteiger partial charge on any atom is 0.416 e. The van der Waals surface area contributed by atoms with Gasteiger partial charge in [-0.3, -0.25) is 9.80 Å². The Kier molecular flexibility index (Phi) is 5.69. The summed E-state index contributed by atoms with van der Waals surface area (Å²) in [5, 5.41) is 10.2. The summed E-state index contributed by atoms with van der Waals surface area (Å²) in [6.45, 7) is 4.42. The maximum atomic E-state index is 13.3. The van der Waals surface area contributed by atoms with Crippen LogP contribution in [-0.4, -0.2) is 47.7 Å². The molecule has 2 aromatic rings. The summed E-state index contributed by atoms with van der Waals surface area (Å²) in [7, 11) is 0. The van der Waals surface area contributed by atoms with Crippen LogP contribution in [0.2, 0.25) is 0 Å². The average Bonchev–Trinajstić information content (AvgIpc) is 3.06. The Morgan fingerprint density at radius 1 is 0.931 bits per heavy atom. The van der Waals surface area contributed by atoms with Gasteiger partial charge in [0.1, 0.15) is 0 Å². The summed E-state index contributed by atoms with van der Waals surface area (Å²) in [5.41, 5.74) is 0.886. The van der Waals surface area contributed by atoms with Gasteiger partial charge >= 0.3 is 6.18 Å². The van der Waals surface area contributed by atoms with E-state index < -0.39 is 11.7 Å². The zero-order valence-corrected chi connectivity index (χ0v) is 16.4. The molecule has 2 aromatic carbocycles. The Balaban J connectivity index is 1.45. The average molecular weight is 404 g/mol. The Bertz CT molecular complexity index is 826. The molecular formula is C23H27F3N2O. The third kappa shape index (κ3) is 4.34. The van der Waals surface area contributed by atoms with Crippen molar-refractivity contribution in [2.45, 2.75) is 25.7 Å². The van der Waals surface area contributed by atoms with Crippen molar-refractivity contribution < 1.29 is 18.3 Å². The molecule has 6 heteroatoms. The van der Waals surface area contributed by atoms with Gasteiger partial charge in [0.25, 0.3) is 0 Å². The molecule has 0 radical (unpaired) electrons. The molecule has 2 aliphatic heterocycles. The first-order chi connectivity index (χ1) is 13.9. The second kappa shape index (κ2) is 8.09. The number of nitrogens with zero attached hydrogens (tertiary/aromatic N) is 2. The van der Waals surface area contributed by atoms with E-state index in [2.05, 4.69) is 21.9 Å². The second-order valence-electron chi connectivity index (χ2n) is 8.51. The predicted octanol–water partition coefficient (Wildman–Crippen LogP) is 4.02. The van der Waals surface area contributed by atoms with E-state index in [0.29, 0.717) is 18.7 Å². The minimum absolute atomic E-state index is 0.135. The quantitative estimate of drug-likeness (QED) is 0.816. The fourth-order valence-corrected chi connectivity index (χ4v) is 5.00. The van der Waals surface area contributed by atoms with E-state index in [-0.39, 0.29) is 17.9 Å². The van der Waals surface area contributed by atoms with Crippen LogP contribution >= 0.6 is 0 Å².